The van der Waals surface area contributed by atoms with E-state index in [-0.39, 0.29) is 6.04 Å². The van der Waals surface area contributed by atoms with Crippen molar-refractivity contribution in [3.63, 3.8) is 0 Å². The Labute approximate surface area is 106 Å². The van der Waals surface area contributed by atoms with Gasteiger partial charge in [0.05, 0.1) is 0 Å². The molecule has 0 aliphatic rings. The maximum atomic E-state index is 5.70. The second-order valence-electron chi connectivity index (χ2n) is 4.98. The Bertz CT molecular complexity index is 343. The molecule has 0 bridgehead atoms. The summed E-state index contributed by atoms with van der Waals surface area (Å²) in [4.78, 5) is 0. The van der Waals surface area contributed by atoms with E-state index in [0.717, 1.165) is 12.3 Å². The summed E-state index contributed by atoms with van der Waals surface area (Å²) in [5, 5.41) is 0. The molecule has 0 saturated heterocycles. The van der Waals surface area contributed by atoms with Gasteiger partial charge in [0, 0.05) is 6.04 Å². The normalized spacial score (nSPS) is 13.1. The highest BCUT2D eigenvalue weighted by molar-refractivity contribution is 5.31. The average Bonchev–Trinajstić information content (AvgIpc) is 2.35. The monoisotopic (exact) mass is 234 g/mol. The lowest BCUT2D eigenvalue weighted by atomic mass is 9.90. The number of hydrogen-bond donors (Lipinski definition) is 2. The van der Waals surface area contributed by atoms with Crippen molar-refractivity contribution < 1.29 is 0 Å². The summed E-state index contributed by atoms with van der Waals surface area (Å²) < 4.78 is 0. The van der Waals surface area contributed by atoms with Gasteiger partial charge in [-0.1, -0.05) is 44.9 Å². The maximum Gasteiger partial charge on any atom is 0.0462 e. The summed E-state index contributed by atoms with van der Waals surface area (Å²) >= 11 is 0. The van der Waals surface area contributed by atoms with Gasteiger partial charge in [0.1, 0.15) is 0 Å². The van der Waals surface area contributed by atoms with Gasteiger partial charge in [0.2, 0.25) is 0 Å². The van der Waals surface area contributed by atoms with E-state index >= 15 is 0 Å². The van der Waals surface area contributed by atoms with Crippen LogP contribution in [0.25, 0.3) is 0 Å². The minimum Gasteiger partial charge on any atom is -0.271 e. The van der Waals surface area contributed by atoms with Crippen molar-refractivity contribution in [2.45, 2.75) is 53.0 Å². The fourth-order valence-corrected chi connectivity index (χ4v) is 2.24. The number of hydrazine groups is 1. The highest BCUT2D eigenvalue weighted by Crippen LogP contribution is 2.25. The molecule has 1 aromatic rings. The summed E-state index contributed by atoms with van der Waals surface area (Å²) in [6.45, 7) is 8.80. The van der Waals surface area contributed by atoms with Gasteiger partial charge < -0.3 is 0 Å². The van der Waals surface area contributed by atoms with E-state index < -0.39 is 0 Å². The molecule has 0 saturated carbocycles. The van der Waals surface area contributed by atoms with Gasteiger partial charge >= 0.3 is 0 Å². The molecule has 0 aromatic heterocycles. The molecule has 0 amide bonds. The van der Waals surface area contributed by atoms with Crippen LogP contribution >= 0.6 is 0 Å². The molecule has 2 heteroatoms. The molecule has 1 atom stereocenters. The molecule has 0 spiro atoms. The molecule has 0 heterocycles. The molecule has 2 nitrogen and oxygen atoms in total. The van der Waals surface area contributed by atoms with Crippen LogP contribution in [0.3, 0.4) is 0 Å². The third-order valence-corrected chi connectivity index (χ3v) is 3.86. The van der Waals surface area contributed by atoms with E-state index in [1.807, 2.05) is 0 Å². The SMILES string of the molecule is CCC(CC)CC(NN)c1ccc(C)c(C)c1. The fraction of sp³-hybridized carbons (Fsp3) is 0.600. The lowest BCUT2D eigenvalue weighted by Gasteiger charge is -2.22. The van der Waals surface area contributed by atoms with Gasteiger partial charge in [0.25, 0.3) is 0 Å². The van der Waals surface area contributed by atoms with Crippen LogP contribution in [0.5, 0.6) is 0 Å². The Morgan fingerprint density at radius 1 is 1.12 bits per heavy atom. The van der Waals surface area contributed by atoms with Crippen LogP contribution in [-0.4, -0.2) is 0 Å². The maximum absolute atomic E-state index is 5.70. The van der Waals surface area contributed by atoms with Gasteiger partial charge in [0.15, 0.2) is 0 Å². The van der Waals surface area contributed by atoms with Gasteiger partial charge in [-0.3, -0.25) is 11.3 Å². The first-order chi connectivity index (χ1) is 8.12. The van der Waals surface area contributed by atoms with Crippen molar-refractivity contribution in [1.29, 1.82) is 0 Å². The van der Waals surface area contributed by atoms with Gasteiger partial charge in [-0.2, -0.15) is 0 Å². The summed E-state index contributed by atoms with van der Waals surface area (Å²) in [5.74, 6) is 6.45. The minimum atomic E-state index is 0.277. The molecule has 0 aliphatic carbocycles. The summed E-state index contributed by atoms with van der Waals surface area (Å²) in [6, 6.07) is 6.90. The highest BCUT2D eigenvalue weighted by atomic mass is 15.2. The van der Waals surface area contributed by atoms with Crippen molar-refractivity contribution in [3.05, 3.63) is 34.9 Å². The van der Waals surface area contributed by atoms with Crippen molar-refractivity contribution >= 4 is 0 Å². The number of rotatable bonds is 6. The molecule has 1 aromatic carbocycles. The molecule has 17 heavy (non-hydrogen) atoms. The first-order valence-electron chi connectivity index (χ1n) is 6.65. The third kappa shape index (κ3) is 3.83. The number of nitrogens with two attached hydrogens (primary N) is 1. The Hall–Kier alpha value is -0.860. The lowest BCUT2D eigenvalue weighted by Crippen LogP contribution is -2.29. The van der Waals surface area contributed by atoms with Crippen LogP contribution in [0.15, 0.2) is 18.2 Å². The van der Waals surface area contributed by atoms with Crippen LogP contribution in [-0.2, 0) is 0 Å². The molecular weight excluding hydrogens is 208 g/mol. The fourth-order valence-electron chi connectivity index (χ4n) is 2.24. The number of nitrogens with one attached hydrogen (secondary N) is 1. The first-order valence-corrected chi connectivity index (χ1v) is 6.65. The first kappa shape index (κ1) is 14.2. The molecule has 96 valence electrons. The third-order valence-electron chi connectivity index (χ3n) is 3.86. The van der Waals surface area contributed by atoms with Crippen LogP contribution < -0.4 is 11.3 Å². The summed E-state index contributed by atoms with van der Waals surface area (Å²) in [7, 11) is 0. The van der Waals surface area contributed by atoms with Gasteiger partial charge in [-0.15, -0.1) is 0 Å². The number of aryl methyl sites for hydroxylation is 2. The predicted octanol–water partition coefficient (Wildman–Crippen LogP) is 3.63. The Morgan fingerprint density at radius 2 is 1.76 bits per heavy atom. The van der Waals surface area contributed by atoms with E-state index in [9.17, 15) is 0 Å². The Kier molecular flexibility index (Phi) is 5.66. The van der Waals surface area contributed by atoms with E-state index in [1.54, 1.807) is 0 Å². The van der Waals surface area contributed by atoms with Crippen LogP contribution in [0, 0.1) is 19.8 Å². The Balaban J connectivity index is 2.82. The van der Waals surface area contributed by atoms with Crippen molar-refractivity contribution in [1.82, 2.24) is 5.43 Å². The summed E-state index contributed by atoms with van der Waals surface area (Å²) in [5.41, 5.74) is 6.95. The molecular formula is C15H26N2. The topological polar surface area (TPSA) is 38.0 Å². The second-order valence-corrected chi connectivity index (χ2v) is 4.98. The van der Waals surface area contributed by atoms with E-state index in [2.05, 4.69) is 51.3 Å². The number of benzene rings is 1. The zero-order chi connectivity index (χ0) is 12.8. The molecule has 0 radical (unpaired) electrons. The Morgan fingerprint density at radius 3 is 2.24 bits per heavy atom. The zero-order valence-corrected chi connectivity index (χ0v) is 11.6. The second kappa shape index (κ2) is 6.77. The average molecular weight is 234 g/mol. The molecule has 1 rings (SSSR count). The van der Waals surface area contributed by atoms with Crippen molar-refractivity contribution in [2.75, 3.05) is 0 Å². The van der Waals surface area contributed by atoms with Crippen molar-refractivity contribution in [2.24, 2.45) is 11.8 Å². The standard InChI is InChI=1S/C15H26N2/c1-5-13(6-2)10-15(17-16)14-8-7-11(3)12(4)9-14/h7-9,13,15,17H,5-6,10,16H2,1-4H3. The molecule has 3 N–H and O–H groups in total. The molecule has 0 aliphatic heterocycles. The van der Waals surface area contributed by atoms with Crippen LogP contribution in [0.4, 0.5) is 0 Å². The predicted molar refractivity (Wildman–Crippen MR) is 74.7 cm³/mol. The van der Waals surface area contributed by atoms with Crippen molar-refractivity contribution in [3.8, 4) is 0 Å². The summed E-state index contributed by atoms with van der Waals surface area (Å²) in [6.07, 6.45) is 3.56. The van der Waals surface area contributed by atoms with E-state index in [4.69, 9.17) is 5.84 Å². The van der Waals surface area contributed by atoms with Crippen LogP contribution in [0.1, 0.15) is 55.8 Å². The zero-order valence-electron chi connectivity index (χ0n) is 11.6. The van der Waals surface area contributed by atoms with Gasteiger partial charge in [-0.25, -0.2) is 0 Å². The molecule has 1 unspecified atom stereocenters. The van der Waals surface area contributed by atoms with E-state index in [0.29, 0.717) is 0 Å². The largest absolute Gasteiger partial charge is 0.271 e. The quantitative estimate of drug-likeness (QED) is 0.582. The molecule has 0 fully saturated rings. The van der Waals surface area contributed by atoms with E-state index in [1.165, 1.54) is 29.5 Å². The highest BCUT2D eigenvalue weighted by Gasteiger charge is 2.15. The minimum absolute atomic E-state index is 0.277. The lowest BCUT2D eigenvalue weighted by molar-refractivity contribution is 0.375. The van der Waals surface area contributed by atoms with Crippen LogP contribution in [0.2, 0.25) is 0 Å². The smallest absolute Gasteiger partial charge is 0.0462 e. The number of hydrogen-bond acceptors (Lipinski definition) is 2. The van der Waals surface area contributed by atoms with Gasteiger partial charge in [-0.05, 0) is 42.9 Å².